The van der Waals surface area contributed by atoms with E-state index >= 15 is 0 Å². The zero-order chi connectivity index (χ0) is 24.0. The number of aromatic hydroxyl groups is 1. The minimum absolute atomic E-state index is 0.0616. The van der Waals surface area contributed by atoms with E-state index in [1.807, 2.05) is 12.1 Å². The average Bonchev–Trinajstić information content (AvgIpc) is 3.19. The maximum Gasteiger partial charge on any atom is 0.264 e. The molecule has 4 aromatic rings. The summed E-state index contributed by atoms with van der Waals surface area (Å²) < 4.78 is 42.8. The fraction of sp³-hybridized carbons (Fsp3) is 0.130. The number of aromatic nitrogens is 4. The van der Waals surface area contributed by atoms with E-state index in [2.05, 4.69) is 27.4 Å². The zero-order valence-corrected chi connectivity index (χ0v) is 18.6. The number of rotatable bonds is 4. The zero-order valence-electron chi connectivity index (χ0n) is 17.8. The van der Waals surface area contributed by atoms with Crippen LogP contribution in [0.5, 0.6) is 5.75 Å². The van der Waals surface area contributed by atoms with Gasteiger partial charge >= 0.3 is 0 Å². The number of halogens is 1. The van der Waals surface area contributed by atoms with E-state index in [1.165, 1.54) is 22.8 Å². The maximum atomic E-state index is 14.1. The Balaban J connectivity index is 1.71. The van der Waals surface area contributed by atoms with Crippen LogP contribution < -0.4 is 10.0 Å². The summed E-state index contributed by atoms with van der Waals surface area (Å²) in [6.07, 6.45) is 1.75. The molecule has 2 aromatic carbocycles. The molecule has 0 saturated carbocycles. The molecular formula is C23H19FN6O3S. The number of hydrogen-bond acceptors (Lipinski definition) is 7. The maximum absolute atomic E-state index is 14.1. The standard InChI is InChI=1S/C23H19FN6O3S/c1-2-7-34(32,33)29-12-17(9-14-5-3-4-6-19(14)29)30-23-20(22(25)26-13-27-23)21(28-30)15-8-16(24)11-18(31)10-15/h3-8,10-11,13,17,31H,1,9,12H2,(H2,25,26,27). The van der Waals surface area contributed by atoms with Crippen LogP contribution in [0, 0.1) is 5.82 Å². The number of hydrogen-bond donors (Lipinski definition) is 2. The second kappa shape index (κ2) is 7.98. The molecule has 34 heavy (non-hydrogen) atoms. The highest BCUT2D eigenvalue weighted by atomic mass is 32.2. The highest BCUT2D eigenvalue weighted by Gasteiger charge is 2.34. The molecule has 1 unspecified atom stereocenters. The lowest BCUT2D eigenvalue weighted by Crippen LogP contribution is -2.40. The number of sulfonamides is 1. The van der Waals surface area contributed by atoms with Crippen molar-refractivity contribution in [1.29, 1.82) is 0 Å². The summed E-state index contributed by atoms with van der Waals surface area (Å²) in [5, 5.41) is 15.9. The molecule has 2 aromatic heterocycles. The predicted molar refractivity (Wildman–Crippen MR) is 126 cm³/mol. The van der Waals surface area contributed by atoms with Crippen LogP contribution in [0.1, 0.15) is 11.6 Å². The molecule has 1 aliphatic heterocycles. The van der Waals surface area contributed by atoms with Gasteiger partial charge in [-0.2, -0.15) is 5.10 Å². The molecule has 3 N–H and O–H groups in total. The molecule has 9 nitrogen and oxygen atoms in total. The summed E-state index contributed by atoms with van der Waals surface area (Å²) in [6, 6.07) is 10.3. The Bertz CT molecular complexity index is 1570. The van der Waals surface area contributed by atoms with Gasteiger partial charge < -0.3 is 10.8 Å². The number of phenolic OH excluding ortho intramolecular Hbond substituents is 1. The summed E-state index contributed by atoms with van der Waals surface area (Å²) in [5.41, 5.74) is 10.8. The van der Waals surface area contributed by atoms with Crippen molar-refractivity contribution in [3.05, 3.63) is 77.9 Å². The lowest BCUT2D eigenvalue weighted by atomic mass is 10.00. The van der Waals surface area contributed by atoms with Crippen molar-refractivity contribution in [2.45, 2.75) is 12.5 Å². The Labute approximate surface area is 194 Å². The quantitative estimate of drug-likeness (QED) is 0.431. The molecule has 0 spiro atoms. The third-order valence-electron chi connectivity index (χ3n) is 5.65. The normalized spacial score (nSPS) is 15.7. The Morgan fingerprint density at radius 1 is 1.24 bits per heavy atom. The first kappa shape index (κ1) is 21.6. The lowest BCUT2D eigenvalue weighted by Gasteiger charge is -2.34. The first-order valence-corrected chi connectivity index (χ1v) is 11.7. The SMILES string of the molecule is C=C=CS(=O)(=O)N1CC(n2nc(-c3cc(O)cc(F)c3)c3c(N)ncnc32)Cc2ccccc21. The van der Waals surface area contributed by atoms with Crippen molar-refractivity contribution in [2.75, 3.05) is 16.6 Å². The van der Waals surface area contributed by atoms with Gasteiger partial charge in [0.15, 0.2) is 5.65 Å². The van der Waals surface area contributed by atoms with Crippen LogP contribution in [0.15, 0.2) is 66.5 Å². The van der Waals surface area contributed by atoms with Gasteiger partial charge in [0, 0.05) is 11.6 Å². The van der Waals surface area contributed by atoms with Gasteiger partial charge in [-0.3, -0.25) is 4.31 Å². The van der Waals surface area contributed by atoms with Crippen LogP contribution >= 0.6 is 0 Å². The van der Waals surface area contributed by atoms with E-state index in [9.17, 15) is 17.9 Å². The van der Waals surface area contributed by atoms with Gasteiger partial charge in [-0.25, -0.2) is 27.5 Å². The highest BCUT2D eigenvalue weighted by molar-refractivity contribution is 7.95. The molecular weight excluding hydrogens is 459 g/mol. The lowest BCUT2D eigenvalue weighted by molar-refractivity contribution is 0.457. The van der Waals surface area contributed by atoms with Gasteiger partial charge in [0.05, 0.1) is 29.1 Å². The molecule has 1 aliphatic rings. The number of nitrogens with two attached hydrogens (primary N) is 1. The number of fused-ring (bicyclic) bond motifs is 2. The third-order valence-corrected chi connectivity index (χ3v) is 7.08. The molecule has 11 heteroatoms. The average molecular weight is 479 g/mol. The first-order chi connectivity index (χ1) is 16.3. The van der Waals surface area contributed by atoms with Gasteiger partial charge in [0.2, 0.25) is 0 Å². The smallest absolute Gasteiger partial charge is 0.264 e. The second-order valence-electron chi connectivity index (χ2n) is 7.83. The monoisotopic (exact) mass is 478 g/mol. The molecule has 0 radical (unpaired) electrons. The number of anilines is 2. The number of benzene rings is 2. The highest BCUT2D eigenvalue weighted by Crippen LogP contribution is 2.38. The molecule has 0 aliphatic carbocycles. The number of para-hydroxylation sites is 1. The van der Waals surface area contributed by atoms with Crippen molar-refractivity contribution in [2.24, 2.45) is 0 Å². The summed E-state index contributed by atoms with van der Waals surface area (Å²) in [7, 11) is -3.85. The Morgan fingerprint density at radius 2 is 2.03 bits per heavy atom. The van der Waals surface area contributed by atoms with Gasteiger partial charge in [-0.15, -0.1) is 5.73 Å². The van der Waals surface area contributed by atoms with E-state index < -0.39 is 21.9 Å². The van der Waals surface area contributed by atoms with Crippen LogP contribution in [-0.4, -0.2) is 39.8 Å². The van der Waals surface area contributed by atoms with Crippen molar-refractivity contribution in [3.8, 4) is 17.0 Å². The number of phenols is 1. The summed E-state index contributed by atoms with van der Waals surface area (Å²) in [4.78, 5) is 8.38. The van der Waals surface area contributed by atoms with E-state index in [0.29, 0.717) is 23.1 Å². The molecule has 0 saturated heterocycles. The molecule has 1 atom stereocenters. The van der Waals surface area contributed by atoms with E-state index in [4.69, 9.17) is 5.73 Å². The van der Waals surface area contributed by atoms with Crippen LogP contribution in [0.25, 0.3) is 22.3 Å². The van der Waals surface area contributed by atoms with Gasteiger partial charge in [-0.05, 0) is 30.2 Å². The van der Waals surface area contributed by atoms with Crippen molar-refractivity contribution in [3.63, 3.8) is 0 Å². The minimum Gasteiger partial charge on any atom is -0.508 e. The number of nitrogens with zero attached hydrogens (tertiary/aromatic N) is 5. The molecule has 0 bridgehead atoms. The third kappa shape index (κ3) is 3.57. The van der Waals surface area contributed by atoms with Crippen LogP contribution in [0.2, 0.25) is 0 Å². The van der Waals surface area contributed by atoms with Gasteiger partial charge in [-0.1, -0.05) is 24.8 Å². The molecule has 5 rings (SSSR count). The van der Waals surface area contributed by atoms with E-state index in [1.54, 1.807) is 16.8 Å². The summed E-state index contributed by atoms with van der Waals surface area (Å²) in [6.45, 7) is 3.45. The Morgan fingerprint density at radius 3 is 2.79 bits per heavy atom. The minimum atomic E-state index is -3.85. The van der Waals surface area contributed by atoms with E-state index in [-0.39, 0.29) is 29.4 Å². The van der Waals surface area contributed by atoms with Crippen molar-refractivity contribution < 1.29 is 17.9 Å². The van der Waals surface area contributed by atoms with Crippen LogP contribution in [0.4, 0.5) is 15.9 Å². The number of nitrogen functional groups attached to an aromatic ring is 1. The Kier molecular flexibility index (Phi) is 5.07. The predicted octanol–water partition coefficient (Wildman–Crippen LogP) is 3.15. The summed E-state index contributed by atoms with van der Waals surface area (Å²) >= 11 is 0. The molecule has 0 fully saturated rings. The van der Waals surface area contributed by atoms with E-state index in [0.717, 1.165) is 17.0 Å². The molecule has 3 heterocycles. The second-order valence-corrected chi connectivity index (χ2v) is 9.54. The van der Waals surface area contributed by atoms with Gasteiger partial charge in [0.25, 0.3) is 10.0 Å². The van der Waals surface area contributed by atoms with Crippen molar-refractivity contribution >= 4 is 32.6 Å². The van der Waals surface area contributed by atoms with Crippen LogP contribution in [-0.2, 0) is 16.4 Å². The fourth-order valence-electron chi connectivity index (χ4n) is 4.27. The Hall–Kier alpha value is -4.21. The molecule has 172 valence electrons. The van der Waals surface area contributed by atoms with Gasteiger partial charge in [0.1, 0.15) is 29.4 Å². The summed E-state index contributed by atoms with van der Waals surface area (Å²) in [5.74, 6) is -0.785. The fourth-order valence-corrected chi connectivity index (χ4v) is 5.44. The topological polar surface area (TPSA) is 127 Å². The van der Waals surface area contributed by atoms with Crippen LogP contribution in [0.3, 0.4) is 0 Å². The van der Waals surface area contributed by atoms with Crippen molar-refractivity contribution in [1.82, 2.24) is 19.7 Å². The molecule has 0 amide bonds. The first-order valence-electron chi connectivity index (χ1n) is 10.2. The largest absolute Gasteiger partial charge is 0.508 e.